The van der Waals surface area contributed by atoms with Crippen molar-refractivity contribution in [1.29, 1.82) is 0 Å². The maximum Gasteiger partial charge on any atom is 0.223 e. The molecule has 1 amide bonds. The van der Waals surface area contributed by atoms with Crippen molar-refractivity contribution in [2.45, 2.75) is 51.5 Å². The highest BCUT2D eigenvalue weighted by molar-refractivity contribution is 5.77. The van der Waals surface area contributed by atoms with Crippen molar-refractivity contribution in [3.8, 4) is 0 Å². The van der Waals surface area contributed by atoms with Gasteiger partial charge in [0, 0.05) is 37.7 Å². The molecule has 0 bridgehead atoms. The van der Waals surface area contributed by atoms with Gasteiger partial charge in [0.1, 0.15) is 5.82 Å². The topological polar surface area (TPSA) is 61.0 Å². The Balaban J connectivity index is 1.30. The van der Waals surface area contributed by atoms with Crippen LogP contribution >= 0.6 is 0 Å². The number of carbonyl (C=O) groups is 1. The summed E-state index contributed by atoms with van der Waals surface area (Å²) >= 11 is 0. The maximum absolute atomic E-state index is 12.8. The number of imidazole rings is 1. The standard InChI is InChI=1S/C24H30N4O/c1-17(2)18-9-11-19(12-10-18)25-20-6-5-15-28(16-20)24(29)14-13-23-26-21-7-3-4-8-22(21)27-23/h3-4,7-12,17,20,25H,5-6,13-16H2,1-2H3,(H,26,27). The maximum atomic E-state index is 12.8. The first-order valence-electron chi connectivity index (χ1n) is 10.7. The number of carbonyl (C=O) groups excluding carboxylic acids is 1. The monoisotopic (exact) mass is 390 g/mol. The minimum Gasteiger partial charge on any atom is -0.381 e. The highest BCUT2D eigenvalue weighted by Crippen LogP contribution is 2.21. The summed E-state index contributed by atoms with van der Waals surface area (Å²) in [6, 6.07) is 17.0. The number of aromatic amines is 1. The molecule has 0 saturated carbocycles. The Kier molecular flexibility index (Phi) is 5.84. The van der Waals surface area contributed by atoms with E-state index in [9.17, 15) is 4.79 Å². The summed E-state index contributed by atoms with van der Waals surface area (Å²) in [5.41, 5.74) is 4.47. The molecule has 1 atom stereocenters. The lowest BCUT2D eigenvalue weighted by atomic mass is 10.0. The zero-order valence-electron chi connectivity index (χ0n) is 17.3. The van der Waals surface area contributed by atoms with Gasteiger partial charge in [0.15, 0.2) is 0 Å². The zero-order chi connectivity index (χ0) is 20.2. The third-order valence-electron chi connectivity index (χ3n) is 5.74. The summed E-state index contributed by atoms with van der Waals surface area (Å²) in [4.78, 5) is 22.7. The van der Waals surface area contributed by atoms with Gasteiger partial charge in [-0.2, -0.15) is 0 Å². The van der Waals surface area contributed by atoms with Crippen LogP contribution in [0.25, 0.3) is 11.0 Å². The van der Waals surface area contributed by atoms with Crippen LogP contribution in [0.4, 0.5) is 5.69 Å². The molecule has 2 heterocycles. The Morgan fingerprint density at radius 3 is 2.76 bits per heavy atom. The number of para-hydroxylation sites is 2. The summed E-state index contributed by atoms with van der Waals surface area (Å²) in [5, 5.41) is 3.61. The number of nitrogens with zero attached hydrogens (tertiary/aromatic N) is 2. The Hall–Kier alpha value is -2.82. The fraction of sp³-hybridized carbons (Fsp3) is 0.417. The van der Waals surface area contributed by atoms with E-state index in [1.807, 2.05) is 29.2 Å². The van der Waals surface area contributed by atoms with Crippen LogP contribution < -0.4 is 5.32 Å². The van der Waals surface area contributed by atoms with Gasteiger partial charge in [-0.3, -0.25) is 4.79 Å². The van der Waals surface area contributed by atoms with Gasteiger partial charge >= 0.3 is 0 Å². The molecule has 5 nitrogen and oxygen atoms in total. The number of hydrogen-bond donors (Lipinski definition) is 2. The molecule has 29 heavy (non-hydrogen) atoms. The average Bonchev–Trinajstić information content (AvgIpc) is 3.15. The predicted molar refractivity (Wildman–Crippen MR) is 118 cm³/mol. The molecule has 1 unspecified atom stereocenters. The first-order chi connectivity index (χ1) is 14.1. The van der Waals surface area contributed by atoms with Crippen LogP contribution in [0.15, 0.2) is 48.5 Å². The van der Waals surface area contributed by atoms with Gasteiger partial charge in [0.25, 0.3) is 0 Å². The molecule has 1 aliphatic rings. The quantitative estimate of drug-likeness (QED) is 0.640. The van der Waals surface area contributed by atoms with Crippen molar-refractivity contribution in [3.05, 3.63) is 59.9 Å². The van der Waals surface area contributed by atoms with Crippen LogP contribution in [0.3, 0.4) is 0 Å². The number of rotatable bonds is 6. The molecule has 4 rings (SSSR count). The number of fused-ring (bicyclic) bond motifs is 1. The number of H-pyrrole nitrogens is 1. The molecule has 3 aromatic rings. The summed E-state index contributed by atoms with van der Waals surface area (Å²) in [5.74, 6) is 1.64. The van der Waals surface area contributed by atoms with Crippen molar-refractivity contribution in [3.63, 3.8) is 0 Å². The molecular formula is C24H30N4O. The van der Waals surface area contributed by atoms with E-state index < -0.39 is 0 Å². The van der Waals surface area contributed by atoms with E-state index in [0.29, 0.717) is 24.8 Å². The summed E-state index contributed by atoms with van der Waals surface area (Å²) < 4.78 is 0. The second-order valence-electron chi connectivity index (χ2n) is 8.30. The number of aromatic nitrogens is 2. The molecular weight excluding hydrogens is 360 g/mol. The zero-order valence-corrected chi connectivity index (χ0v) is 17.3. The van der Waals surface area contributed by atoms with Crippen LogP contribution in [0.5, 0.6) is 0 Å². The minimum atomic E-state index is 0.215. The Labute approximate surface area is 172 Å². The van der Waals surface area contributed by atoms with E-state index in [2.05, 4.69) is 53.4 Å². The van der Waals surface area contributed by atoms with Crippen molar-refractivity contribution >= 4 is 22.6 Å². The van der Waals surface area contributed by atoms with Crippen LogP contribution in [0.1, 0.15) is 50.4 Å². The van der Waals surface area contributed by atoms with Gasteiger partial charge in [0.2, 0.25) is 5.91 Å². The second-order valence-corrected chi connectivity index (χ2v) is 8.30. The van der Waals surface area contributed by atoms with Crippen molar-refractivity contribution < 1.29 is 4.79 Å². The molecule has 152 valence electrons. The molecule has 1 aromatic heterocycles. The molecule has 5 heteroatoms. The van der Waals surface area contributed by atoms with Crippen LogP contribution in [-0.4, -0.2) is 39.9 Å². The minimum absolute atomic E-state index is 0.215. The molecule has 2 aromatic carbocycles. The number of hydrogen-bond acceptors (Lipinski definition) is 3. The number of anilines is 1. The summed E-state index contributed by atoms with van der Waals surface area (Å²) in [6.07, 6.45) is 3.28. The Morgan fingerprint density at radius 2 is 2.00 bits per heavy atom. The third-order valence-corrected chi connectivity index (χ3v) is 5.74. The molecule has 0 aliphatic carbocycles. The number of likely N-dealkylation sites (tertiary alicyclic amines) is 1. The van der Waals surface area contributed by atoms with Crippen LogP contribution in [-0.2, 0) is 11.2 Å². The van der Waals surface area contributed by atoms with E-state index >= 15 is 0 Å². The number of piperidine rings is 1. The van der Waals surface area contributed by atoms with E-state index in [0.717, 1.165) is 48.5 Å². The van der Waals surface area contributed by atoms with Gasteiger partial charge in [-0.25, -0.2) is 4.98 Å². The summed E-state index contributed by atoms with van der Waals surface area (Å²) in [6.45, 7) is 6.03. The van der Waals surface area contributed by atoms with Crippen molar-refractivity contribution in [2.24, 2.45) is 0 Å². The van der Waals surface area contributed by atoms with Gasteiger partial charge in [-0.1, -0.05) is 38.1 Å². The van der Waals surface area contributed by atoms with Gasteiger partial charge < -0.3 is 15.2 Å². The van der Waals surface area contributed by atoms with E-state index in [-0.39, 0.29) is 5.91 Å². The first kappa shape index (κ1) is 19.5. The van der Waals surface area contributed by atoms with Crippen LogP contribution in [0, 0.1) is 0 Å². The fourth-order valence-electron chi connectivity index (χ4n) is 4.03. The third kappa shape index (κ3) is 4.78. The fourth-order valence-corrected chi connectivity index (χ4v) is 4.03. The Morgan fingerprint density at radius 1 is 1.21 bits per heavy atom. The summed E-state index contributed by atoms with van der Waals surface area (Å²) in [7, 11) is 0. The smallest absolute Gasteiger partial charge is 0.223 e. The van der Waals surface area contributed by atoms with Crippen molar-refractivity contribution in [1.82, 2.24) is 14.9 Å². The molecule has 0 radical (unpaired) electrons. The molecule has 0 spiro atoms. The SMILES string of the molecule is CC(C)c1ccc(NC2CCCN(C(=O)CCc3nc4ccccc4[nH]3)C2)cc1. The molecule has 1 saturated heterocycles. The van der Waals surface area contributed by atoms with E-state index in [4.69, 9.17) is 0 Å². The highest BCUT2D eigenvalue weighted by Gasteiger charge is 2.23. The molecule has 2 N–H and O–H groups in total. The largest absolute Gasteiger partial charge is 0.381 e. The van der Waals surface area contributed by atoms with Gasteiger partial charge in [-0.15, -0.1) is 0 Å². The average molecular weight is 391 g/mol. The second kappa shape index (κ2) is 8.68. The lowest BCUT2D eigenvalue weighted by molar-refractivity contribution is -0.132. The lowest BCUT2D eigenvalue weighted by Crippen LogP contribution is -2.45. The normalized spacial score (nSPS) is 17.1. The lowest BCUT2D eigenvalue weighted by Gasteiger charge is -2.34. The first-order valence-corrected chi connectivity index (χ1v) is 10.7. The van der Waals surface area contributed by atoms with E-state index in [1.165, 1.54) is 5.56 Å². The number of aryl methyl sites for hydroxylation is 1. The van der Waals surface area contributed by atoms with E-state index in [1.54, 1.807) is 0 Å². The van der Waals surface area contributed by atoms with Gasteiger partial charge in [0.05, 0.1) is 11.0 Å². The number of benzene rings is 2. The molecule has 1 fully saturated rings. The number of nitrogens with one attached hydrogen (secondary N) is 2. The highest BCUT2D eigenvalue weighted by atomic mass is 16.2. The Bertz CT molecular complexity index is 927. The van der Waals surface area contributed by atoms with Gasteiger partial charge in [-0.05, 0) is 48.6 Å². The van der Waals surface area contributed by atoms with Crippen molar-refractivity contribution in [2.75, 3.05) is 18.4 Å². The molecule has 1 aliphatic heterocycles. The van der Waals surface area contributed by atoms with Crippen LogP contribution in [0.2, 0.25) is 0 Å². The number of amides is 1. The predicted octanol–water partition coefficient (Wildman–Crippen LogP) is 4.72.